The van der Waals surface area contributed by atoms with Crippen LogP contribution in [0.15, 0.2) is 76.7 Å². The average molecular weight is 427 g/mol. The molecule has 0 spiro atoms. The first-order valence-electron chi connectivity index (χ1n) is 10.4. The Bertz CT molecular complexity index is 1240. The first-order valence-corrected chi connectivity index (χ1v) is 11.2. The van der Waals surface area contributed by atoms with Crippen LogP contribution >= 0.6 is 11.8 Å². The molecule has 1 amide bonds. The summed E-state index contributed by atoms with van der Waals surface area (Å²) in [5.74, 6) is 0.0114. The van der Waals surface area contributed by atoms with Gasteiger partial charge in [0.2, 0.25) is 0 Å². The van der Waals surface area contributed by atoms with Crippen LogP contribution in [-0.4, -0.2) is 27.1 Å². The maximum absolute atomic E-state index is 12.7. The molecule has 0 aliphatic heterocycles. The van der Waals surface area contributed by atoms with Crippen LogP contribution in [0, 0.1) is 0 Å². The van der Waals surface area contributed by atoms with E-state index in [-0.39, 0.29) is 5.91 Å². The Balaban J connectivity index is 1.36. The summed E-state index contributed by atoms with van der Waals surface area (Å²) >= 11 is 1.59. The zero-order chi connectivity index (χ0) is 21.0. The van der Waals surface area contributed by atoms with E-state index in [0.717, 1.165) is 50.5 Å². The molecule has 0 radical (unpaired) electrons. The number of hydrogen-bond acceptors (Lipinski definition) is 4. The van der Waals surface area contributed by atoms with Crippen molar-refractivity contribution in [3.63, 3.8) is 0 Å². The summed E-state index contributed by atoms with van der Waals surface area (Å²) in [4.78, 5) is 19.0. The standard InChI is InChI=1S/C25H22N4OS/c30-25(27-18-7-5-8-18)21-9-1-2-10-24(21)31-19-12-13-20-22(28-29-23(20)16-19)14-11-17-6-3-4-15-26-17/h1-4,6,9-16,18H,5,7-8H2,(H,27,30)(H,28,29). The number of carbonyl (C=O) groups excluding carboxylic acids is 1. The van der Waals surface area contributed by atoms with Crippen molar-refractivity contribution in [3.05, 3.63) is 83.8 Å². The van der Waals surface area contributed by atoms with Crippen LogP contribution in [0.2, 0.25) is 0 Å². The monoisotopic (exact) mass is 426 g/mol. The molecule has 154 valence electrons. The Morgan fingerprint density at radius 2 is 1.94 bits per heavy atom. The molecule has 4 aromatic rings. The number of nitrogens with zero attached hydrogens (tertiary/aromatic N) is 2. The van der Waals surface area contributed by atoms with Gasteiger partial charge in [-0.2, -0.15) is 5.10 Å². The summed E-state index contributed by atoms with van der Waals surface area (Å²) in [5.41, 5.74) is 3.45. The van der Waals surface area contributed by atoms with Crippen LogP contribution in [0.1, 0.15) is 41.0 Å². The molecule has 1 fully saturated rings. The number of fused-ring (bicyclic) bond motifs is 1. The number of nitrogens with one attached hydrogen (secondary N) is 2. The predicted octanol–water partition coefficient (Wildman–Crippen LogP) is 5.56. The lowest BCUT2D eigenvalue weighted by molar-refractivity contribution is 0.0914. The van der Waals surface area contributed by atoms with Crippen molar-refractivity contribution in [1.82, 2.24) is 20.5 Å². The lowest BCUT2D eigenvalue weighted by Gasteiger charge is -2.26. The minimum absolute atomic E-state index is 0.0114. The zero-order valence-electron chi connectivity index (χ0n) is 16.9. The molecular formula is C25H22N4OS. The summed E-state index contributed by atoms with van der Waals surface area (Å²) in [5, 5.41) is 11.7. The van der Waals surface area contributed by atoms with Crippen LogP contribution in [0.5, 0.6) is 0 Å². The number of hydrogen-bond donors (Lipinski definition) is 2. The van der Waals surface area contributed by atoms with Crippen LogP contribution in [-0.2, 0) is 0 Å². The van der Waals surface area contributed by atoms with Gasteiger partial charge in [0.05, 0.1) is 22.5 Å². The molecule has 5 nitrogen and oxygen atoms in total. The maximum Gasteiger partial charge on any atom is 0.252 e. The fourth-order valence-corrected chi connectivity index (χ4v) is 4.52. The summed E-state index contributed by atoms with van der Waals surface area (Å²) in [6.07, 6.45) is 9.05. The molecule has 6 heteroatoms. The van der Waals surface area contributed by atoms with E-state index in [1.54, 1.807) is 18.0 Å². The molecule has 2 aromatic carbocycles. The van der Waals surface area contributed by atoms with E-state index in [4.69, 9.17) is 0 Å². The van der Waals surface area contributed by atoms with Gasteiger partial charge in [0, 0.05) is 27.4 Å². The SMILES string of the molecule is O=C(NC1CCC1)c1ccccc1Sc1ccc2c(C=Cc3ccccn3)n[nH]c2c1. The summed E-state index contributed by atoms with van der Waals surface area (Å²) in [7, 11) is 0. The number of aromatic nitrogens is 3. The normalized spacial score (nSPS) is 14.1. The highest BCUT2D eigenvalue weighted by Crippen LogP contribution is 2.33. The molecule has 1 saturated carbocycles. The lowest BCUT2D eigenvalue weighted by Crippen LogP contribution is -2.39. The first kappa shape index (κ1) is 19.6. The smallest absolute Gasteiger partial charge is 0.252 e. The van der Waals surface area contributed by atoms with Crippen LogP contribution in [0.4, 0.5) is 0 Å². The van der Waals surface area contributed by atoms with E-state index in [0.29, 0.717) is 6.04 Å². The summed E-state index contributed by atoms with van der Waals surface area (Å²) in [6.45, 7) is 0. The Morgan fingerprint density at radius 3 is 2.74 bits per heavy atom. The van der Waals surface area contributed by atoms with Crippen LogP contribution in [0.25, 0.3) is 23.1 Å². The molecule has 2 heterocycles. The number of rotatable bonds is 6. The third kappa shape index (κ3) is 4.39. The van der Waals surface area contributed by atoms with Gasteiger partial charge in [-0.25, -0.2) is 0 Å². The molecule has 5 rings (SSSR count). The molecule has 0 saturated heterocycles. The zero-order valence-corrected chi connectivity index (χ0v) is 17.7. The van der Waals surface area contributed by atoms with Gasteiger partial charge in [0.25, 0.3) is 5.91 Å². The Hall–Kier alpha value is -3.38. The van der Waals surface area contributed by atoms with E-state index >= 15 is 0 Å². The number of benzene rings is 2. The van der Waals surface area contributed by atoms with Crippen molar-refractivity contribution in [2.75, 3.05) is 0 Å². The fraction of sp³-hybridized carbons (Fsp3) is 0.160. The molecule has 1 aliphatic rings. The molecule has 2 N–H and O–H groups in total. The van der Waals surface area contributed by atoms with Crippen LogP contribution < -0.4 is 5.32 Å². The number of aromatic amines is 1. The van der Waals surface area contributed by atoms with Crippen molar-refractivity contribution < 1.29 is 4.79 Å². The van der Waals surface area contributed by atoms with E-state index in [1.165, 1.54) is 6.42 Å². The second-order valence-corrected chi connectivity index (χ2v) is 8.72. The number of amides is 1. The fourth-order valence-electron chi connectivity index (χ4n) is 3.54. The van der Waals surface area contributed by atoms with Gasteiger partial charge >= 0.3 is 0 Å². The molecule has 31 heavy (non-hydrogen) atoms. The van der Waals surface area contributed by atoms with Gasteiger partial charge in [-0.3, -0.25) is 14.9 Å². The lowest BCUT2D eigenvalue weighted by atomic mass is 9.93. The van der Waals surface area contributed by atoms with Crippen molar-refractivity contribution in [1.29, 1.82) is 0 Å². The summed E-state index contributed by atoms with van der Waals surface area (Å²) < 4.78 is 0. The number of carbonyl (C=O) groups is 1. The highest BCUT2D eigenvalue weighted by atomic mass is 32.2. The number of H-pyrrole nitrogens is 1. The topological polar surface area (TPSA) is 70.7 Å². The summed E-state index contributed by atoms with van der Waals surface area (Å²) in [6, 6.07) is 20.1. The average Bonchev–Trinajstić information content (AvgIpc) is 3.18. The van der Waals surface area contributed by atoms with E-state index < -0.39 is 0 Å². The highest BCUT2D eigenvalue weighted by molar-refractivity contribution is 7.99. The van der Waals surface area contributed by atoms with Gasteiger partial charge in [-0.05, 0) is 73.9 Å². The molecule has 2 aromatic heterocycles. The van der Waals surface area contributed by atoms with Crippen LogP contribution in [0.3, 0.4) is 0 Å². The third-order valence-electron chi connectivity index (χ3n) is 5.46. The minimum Gasteiger partial charge on any atom is -0.349 e. The van der Waals surface area contributed by atoms with Gasteiger partial charge in [0.15, 0.2) is 0 Å². The second kappa shape index (κ2) is 8.78. The van der Waals surface area contributed by atoms with E-state index in [1.807, 2.05) is 54.6 Å². The van der Waals surface area contributed by atoms with Gasteiger partial charge in [0.1, 0.15) is 0 Å². The molecule has 1 aliphatic carbocycles. The first-order chi connectivity index (χ1) is 15.3. The minimum atomic E-state index is 0.0114. The van der Waals surface area contributed by atoms with Crippen molar-refractivity contribution in [2.45, 2.75) is 35.1 Å². The molecule has 0 atom stereocenters. The van der Waals surface area contributed by atoms with Gasteiger partial charge in [-0.1, -0.05) is 30.0 Å². The second-order valence-electron chi connectivity index (χ2n) is 7.60. The van der Waals surface area contributed by atoms with E-state index in [2.05, 4.69) is 38.7 Å². The van der Waals surface area contributed by atoms with Gasteiger partial charge < -0.3 is 5.32 Å². The predicted molar refractivity (Wildman–Crippen MR) is 125 cm³/mol. The van der Waals surface area contributed by atoms with Crippen molar-refractivity contribution in [3.8, 4) is 0 Å². The van der Waals surface area contributed by atoms with Gasteiger partial charge in [-0.15, -0.1) is 0 Å². The number of pyridine rings is 1. The third-order valence-corrected chi connectivity index (χ3v) is 6.53. The maximum atomic E-state index is 12.7. The molecule has 0 bridgehead atoms. The quantitative estimate of drug-likeness (QED) is 0.423. The molecular weight excluding hydrogens is 404 g/mol. The Kier molecular flexibility index (Phi) is 5.54. The highest BCUT2D eigenvalue weighted by Gasteiger charge is 2.21. The van der Waals surface area contributed by atoms with Crippen molar-refractivity contribution >= 4 is 40.7 Å². The molecule has 0 unspecified atom stereocenters. The van der Waals surface area contributed by atoms with E-state index in [9.17, 15) is 4.79 Å². The Morgan fingerprint density at radius 1 is 1.06 bits per heavy atom. The largest absolute Gasteiger partial charge is 0.349 e. The Labute approximate surface area is 185 Å². The van der Waals surface area contributed by atoms with Crippen molar-refractivity contribution in [2.24, 2.45) is 0 Å².